The maximum Gasteiger partial charge on any atom is 0.250 e. The lowest BCUT2D eigenvalue weighted by Crippen LogP contribution is -2.29. The van der Waals surface area contributed by atoms with E-state index in [2.05, 4.69) is 5.32 Å². The van der Waals surface area contributed by atoms with Crippen LogP contribution in [-0.4, -0.2) is 23.2 Å². The zero-order chi connectivity index (χ0) is 21.8. The Kier molecular flexibility index (Phi) is 6.18. The monoisotopic (exact) mass is 420 g/mol. The number of amides is 1. The normalized spacial score (nSPS) is 18.4. The molecule has 1 aliphatic rings. The van der Waals surface area contributed by atoms with E-state index in [9.17, 15) is 14.3 Å². The molecule has 0 atom stereocenters. The first-order chi connectivity index (χ1) is 15.0. The van der Waals surface area contributed by atoms with Crippen molar-refractivity contribution < 1.29 is 19.0 Å². The summed E-state index contributed by atoms with van der Waals surface area (Å²) in [6, 6.07) is 19.0. The molecule has 1 amide bonds. The minimum Gasteiger partial charge on any atom is -0.457 e. The summed E-state index contributed by atoms with van der Waals surface area (Å²) in [5.74, 6) is 0.103. The number of hydrogen-bond acceptors (Lipinski definition) is 4. The highest BCUT2D eigenvalue weighted by molar-refractivity contribution is 5.99. The van der Waals surface area contributed by atoms with Gasteiger partial charge in [0.05, 0.1) is 11.7 Å². The van der Waals surface area contributed by atoms with Crippen LogP contribution in [0.4, 0.5) is 10.1 Å². The summed E-state index contributed by atoms with van der Waals surface area (Å²) in [5.41, 5.74) is 8.33. The molecule has 160 valence electrons. The Morgan fingerprint density at radius 2 is 1.77 bits per heavy atom. The van der Waals surface area contributed by atoms with E-state index in [1.54, 1.807) is 18.2 Å². The van der Waals surface area contributed by atoms with Crippen LogP contribution in [0.25, 0.3) is 11.1 Å². The van der Waals surface area contributed by atoms with Crippen LogP contribution in [-0.2, 0) is 0 Å². The van der Waals surface area contributed by atoms with Gasteiger partial charge in [-0.25, -0.2) is 4.39 Å². The molecule has 0 saturated heterocycles. The zero-order valence-corrected chi connectivity index (χ0v) is 17.1. The van der Waals surface area contributed by atoms with Crippen molar-refractivity contribution in [2.24, 2.45) is 5.73 Å². The van der Waals surface area contributed by atoms with E-state index >= 15 is 0 Å². The first kappa shape index (κ1) is 20.9. The SMILES string of the molecule is NC(=O)c1ccc(-c2ccccc2Oc2cccc(F)c2)cc1NC1CCC(O)CC1. The van der Waals surface area contributed by atoms with E-state index in [0.717, 1.165) is 36.8 Å². The van der Waals surface area contributed by atoms with Gasteiger partial charge in [0.2, 0.25) is 0 Å². The van der Waals surface area contributed by atoms with Gasteiger partial charge in [0, 0.05) is 23.4 Å². The van der Waals surface area contributed by atoms with Crippen LogP contribution < -0.4 is 15.8 Å². The van der Waals surface area contributed by atoms with Crippen LogP contribution in [0.5, 0.6) is 11.5 Å². The Bertz CT molecular complexity index is 1080. The van der Waals surface area contributed by atoms with Gasteiger partial charge in [-0.15, -0.1) is 0 Å². The van der Waals surface area contributed by atoms with Gasteiger partial charge in [-0.05, 0) is 61.6 Å². The Labute approximate surface area is 180 Å². The molecule has 0 aromatic heterocycles. The Balaban J connectivity index is 1.66. The van der Waals surface area contributed by atoms with Crippen molar-refractivity contribution in [3.63, 3.8) is 0 Å². The molecule has 0 aliphatic heterocycles. The second-order valence-electron chi connectivity index (χ2n) is 7.83. The van der Waals surface area contributed by atoms with Crippen molar-refractivity contribution in [1.82, 2.24) is 0 Å². The summed E-state index contributed by atoms with van der Waals surface area (Å²) < 4.78 is 19.5. The fraction of sp³-hybridized carbons (Fsp3) is 0.240. The third-order valence-corrected chi connectivity index (χ3v) is 5.56. The molecule has 5 nitrogen and oxygen atoms in total. The van der Waals surface area contributed by atoms with Gasteiger partial charge >= 0.3 is 0 Å². The van der Waals surface area contributed by atoms with E-state index in [1.807, 2.05) is 36.4 Å². The maximum absolute atomic E-state index is 13.6. The second kappa shape index (κ2) is 9.18. The number of ether oxygens (including phenoxy) is 1. The fourth-order valence-electron chi connectivity index (χ4n) is 3.94. The number of aliphatic hydroxyl groups is 1. The number of nitrogens with two attached hydrogens (primary N) is 1. The number of carbonyl (C=O) groups excluding carboxylic acids is 1. The molecule has 6 heteroatoms. The first-order valence-electron chi connectivity index (χ1n) is 10.4. The van der Waals surface area contributed by atoms with Crippen LogP contribution in [0.15, 0.2) is 66.7 Å². The molecule has 3 aromatic carbocycles. The van der Waals surface area contributed by atoms with Gasteiger partial charge in [-0.1, -0.05) is 30.3 Å². The molecule has 1 saturated carbocycles. The van der Waals surface area contributed by atoms with E-state index in [4.69, 9.17) is 10.5 Å². The summed E-state index contributed by atoms with van der Waals surface area (Å²) >= 11 is 0. The van der Waals surface area contributed by atoms with Crippen LogP contribution in [0, 0.1) is 5.82 Å². The summed E-state index contributed by atoms with van der Waals surface area (Å²) in [7, 11) is 0. The van der Waals surface area contributed by atoms with Gasteiger partial charge < -0.3 is 20.9 Å². The lowest BCUT2D eigenvalue weighted by atomic mass is 9.92. The maximum atomic E-state index is 13.6. The standard InChI is InChI=1S/C25H25FN2O3/c26-17-4-3-5-20(15-17)31-24-7-2-1-6-21(24)16-8-13-22(25(27)30)23(14-16)28-18-9-11-19(29)12-10-18/h1-8,13-15,18-19,28-29H,9-12H2,(H2,27,30). The minimum atomic E-state index is -0.505. The molecule has 0 heterocycles. The van der Waals surface area contributed by atoms with Gasteiger partial charge in [0.1, 0.15) is 17.3 Å². The molecule has 0 spiro atoms. The highest BCUT2D eigenvalue weighted by Crippen LogP contribution is 2.36. The predicted molar refractivity (Wildman–Crippen MR) is 119 cm³/mol. The number of para-hydroxylation sites is 1. The lowest BCUT2D eigenvalue weighted by Gasteiger charge is -2.28. The first-order valence-corrected chi connectivity index (χ1v) is 10.4. The van der Waals surface area contributed by atoms with Crippen molar-refractivity contribution in [2.45, 2.75) is 37.8 Å². The third kappa shape index (κ3) is 5.03. The van der Waals surface area contributed by atoms with Crippen molar-refractivity contribution in [3.05, 3.63) is 78.1 Å². The molecule has 4 rings (SSSR count). The van der Waals surface area contributed by atoms with Gasteiger partial charge in [0.15, 0.2) is 0 Å². The number of halogens is 1. The highest BCUT2D eigenvalue weighted by atomic mass is 19.1. The molecule has 0 radical (unpaired) electrons. The summed E-state index contributed by atoms with van der Waals surface area (Å²) in [5, 5.41) is 13.2. The van der Waals surface area contributed by atoms with Crippen LogP contribution >= 0.6 is 0 Å². The second-order valence-corrected chi connectivity index (χ2v) is 7.83. The topological polar surface area (TPSA) is 84.6 Å². The molecule has 0 unspecified atom stereocenters. The van der Waals surface area contributed by atoms with Gasteiger partial charge in [-0.2, -0.15) is 0 Å². The van der Waals surface area contributed by atoms with Crippen LogP contribution in [0.1, 0.15) is 36.0 Å². The third-order valence-electron chi connectivity index (χ3n) is 5.56. The Morgan fingerprint density at radius 3 is 2.52 bits per heavy atom. The number of primary amides is 1. The molecule has 1 fully saturated rings. The summed E-state index contributed by atoms with van der Waals surface area (Å²) in [6.07, 6.45) is 2.85. The molecule has 31 heavy (non-hydrogen) atoms. The Hall–Kier alpha value is -3.38. The quantitative estimate of drug-likeness (QED) is 0.518. The minimum absolute atomic E-state index is 0.163. The summed E-state index contributed by atoms with van der Waals surface area (Å²) in [4.78, 5) is 12.0. The number of nitrogens with one attached hydrogen (secondary N) is 1. The Morgan fingerprint density at radius 1 is 1.00 bits per heavy atom. The molecule has 4 N–H and O–H groups in total. The largest absolute Gasteiger partial charge is 0.457 e. The molecular weight excluding hydrogens is 395 g/mol. The number of anilines is 1. The van der Waals surface area contributed by atoms with Crippen LogP contribution in [0.2, 0.25) is 0 Å². The van der Waals surface area contributed by atoms with Crippen molar-refractivity contribution in [3.8, 4) is 22.6 Å². The van der Waals surface area contributed by atoms with E-state index in [0.29, 0.717) is 22.7 Å². The predicted octanol–water partition coefficient (Wildman–Crippen LogP) is 5.10. The molecule has 3 aromatic rings. The number of carbonyl (C=O) groups is 1. The summed E-state index contributed by atoms with van der Waals surface area (Å²) in [6.45, 7) is 0. The van der Waals surface area contributed by atoms with Crippen molar-refractivity contribution in [1.29, 1.82) is 0 Å². The fourth-order valence-corrected chi connectivity index (χ4v) is 3.94. The molecule has 0 bridgehead atoms. The molecular formula is C25H25FN2O3. The lowest BCUT2D eigenvalue weighted by molar-refractivity contribution is 0.100. The zero-order valence-electron chi connectivity index (χ0n) is 17.1. The average molecular weight is 420 g/mol. The van der Waals surface area contributed by atoms with E-state index < -0.39 is 5.91 Å². The van der Waals surface area contributed by atoms with Gasteiger partial charge in [0.25, 0.3) is 5.91 Å². The highest BCUT2D eigenvalue weighted by Gasteiger charge is 2.21. The number of rotatable bonds is 6. The number of hydrogen-bond donors (Lipinski definition) is 3. The van der Waals surface area contributed by atoms with E-state index in [-0.39, 0.29) is 18.0 Å². The van der Waals surface area contributed by atoms with Gasteiger partial charge in [-0.3, -0.25) is 4.79 Å². The van der Waals surface area contributed by atoms with Crippen molar-refractivity contribution >= 4 is 11.6 Å². The van der Waals surface area contributed by atoms with E-state index in [1.165, 1.54) is 12.1 Å². The number of aliphatic hydroxyl groups excluding tert-OH is 1. The average Bonchev–Trinajstić information content (AvgIpc) is 2.75. The van der Waals surface area contributed by atoms with Crippen molar-refractivity contribution in [2.75, 3.05) is 5.32 Å². The smallest absolute Gasteiger partial charge is 0.250 e. The van der Waals surface area contributed by atoms with Crippen LogP contribution in [0.3, 0.4) is 0 Å². The number of benzene rings is 3. The molecule has 1 aliphatic carbocycles.